The minimum atomic E-state index is 0.528. The van der Waals surface area contributed by atoms with Crippen molar-refractivity contribution >= 4 is 23.5 Å². The zero-order chi connectivity index (χ0) is 23.5. The van der Waals surface area contributed by atoms with E-state index < -0.39 is 0 Å². The van der Waals surface area contributed by atoms with Crippen LogP contribution in [-0.4, -0.2) is 60.9 Å². The summed E-state index contributed by atoms with van der Waals surface area (Å²) in [5, 5.41) is 7.73. The smallest absolute Gasteiger partial charge is 0.232 e. The number of rotatable bonds is 7. The van der Waals surface area contributed by atoms with Gasteiger partial charge in [0.1, 0.15) is 6.33 Å². The van der Waals surface area contributed by atoms with Crippen molar-refractivity contribution in [2.24, 2.45) is 0 Å². The number of piperazine rings is 1. The molecular weight excluding hydrogens is 440 g/mol. The molecule has 0 spiro atoms. The van der Waals surface area contributed by atoms with Crippen molar-refractivity contribution in [3.05, 3.63) is 72.6 Å². The third-order valence-electron chi connectivity index (χ3n) is 6.65. The molecule has 0 atom stereocenters. The maximum atomic E-state index is 4.64. The maximum Gasteiger partial charge on any atom is 0.232 e. The molecule has 4 aromatic rings. The van der Waals surface area contributed by atoms with Crippen molar-refractivity contribution in [2.75, 3.05) is 41.3 Å². The molecule has 0 bridgehead atoms. The normalized spacial score (nSPS) is 16.2. The number of hydrogen-bond donors (Lipinski definition) is 1. The highest BCUT2D eigenvalue weighted by atomic mass is 15.4. The van der Waals surface area contributed by atoms with Crippen LogP contribution in [0.15, 0.2) is 61.4 Å². The lowest BCUT2D eigenvalue weighted by atomic mass is 9.93. The average molecular weight is 469 g/mol. The quantitative estimate of drug-likeness (QED) is 0.438. The van der Waals surface area contributed by atoms with Crippen LogP contribution in [0.3, 0.4) is 0 Å². The standard InChI is InChI=1S/C25H28N10/c1-2-5-19(6-3-1)13-20-14-26-24(27-15-20)33-9-11-34(12-10-33)25-29-18-28-23(32-25)31-21-16-30-35(17-21)22-7-4-8-22/h1-3,5-6,14-18,22H,4,7-13H2,(H,28,29,31,32). The van der Waals surface area contributed by atoms with Gasteiger partial charge in [0.2, 0.25) is 17.8 Å². The van der Waals surface area contributed by atoms with Crippen molar-refractivity contribution in [3.8, 4) is 0 Å². The van der Waals surface area contributed by atoms with E-state index in [9.17, 15) is 0 Å². The van der Waals surface area contributed by atoms with E-state index in [2.05, 4.69) is 69.4 Å². The first-order valence-electron chi connectivity index (χ1n) is 12.2. The van der Waals surface area contributed by atoms with Crippen LogP contribution in [0.2, 0.25) is 0 Å². The fraction of sp³-hybridized carbons (Fsp3) is 0.360. The summed E-state index contributed by atoms with van der Waals surface area (Å²) in [5.41, 5.74) is 3.27. The molecule has 2 fully saturated rings. The molecule has 2 aliphatic rings. The second-order valence-corrected chi connectivity index (χ2v) is 9.06. The first-order valence-corrected chi connectivity index (χ1v) is 12.2. The zero-order valence-corrected chi connectivity index (χ0v) is 19.5. The predicted octanol–water partition coefficient (Wildman–Crippen LogP) is 3.24. The first-order chi connectivity index (χ1) is 17.3. The van der Waals surface area contributed by atoms with E-state index in [1.807, 2.05) is 35.5 Å². The molecule has 35 heavy (non-hydrogen) atoms. The first kappa shape index (κ1) is 21.5. The number of aromatic nitrogens is 7. The van der Waals surface area contributed by atoms with Gasteiger partial charge < -0.3 is 15.1 Å². The minimum absolute atomic E-state index is 0.528. The van der Waals surface area contributed by atoms with Gasteiger partial charge in [0.15, 0.2) is 0 Å². The number of nitrogens with one attached hydrogen (secondary N) is 1. The summed E-state index contributed by atoms with van der Waals surface area (Å²) in [4.78, 5) is 26.9. The summed E-state index contributed by atoms with van der Waals surface area (Å²) in [5.74, 6) is 1.97. The van der Waals surface area contributed by atoms with E-state index in [-0.39, 0.29) is 0 Å². The summed E-state index contributed by atoms with van der Waals surface area (Å²) in [6.07, 6.45) is 13.8. The van der Waals surface area contributed by atoms with Crippen LogP contribution in [0.1, 0.15) is 36.4 Å². The van der Waals surface area contributed by atoms with Gasteiger partial charge >= 0.3 is 0 Å². The van der Waals surface area contributed by atoms with Gasteiger partial charge in [-0.05, 0) is 30.4 Å². The molecule has 1 aromatic carbocycles. The highest BCUT2D eigenvalue weighted by Gasteiger charge is 2.22. The van der Waals surface area contributed by atoms with Gasteiger partial charge in [0.25, 0.3) is 0 Å². The largest absolute Gasteiger partial charge is 0.337 e. The highest BCUT2D eigenvalue weighted by Crippen LogP contribution is 2.31. The summed E-state index contributed by atoms with van der Waals surface area (Å²) in [7, 11) is 0. The Bertz CT molecular complexity index is 1240. The van der Waals surface area contributed by atoms with Crippen LogP contribution >= 0.6 is 0 Å². The van der Waals surface area contributed by atoms with Gasteiger partial charge in [-0.25, -0.2) is 19.9 Å². The molecule has 3 aromatic heterocycles. The molecule has 1 aliphatic heterocycles. The van der Waals surface area contributed by atoms with Gasteiger partial charge in [-0.2, -0.15) is 10.1 Å². The zero-order valence-electron chi connectivity index (χ0n) is 19.5. The summed E-state index contributed by atoms with van der Waals surface area (Å²) < 4.78 is 2.03. The number of hydrogen-bond acceptors (Lipinski definition) is 9. The van der Waals surface area contributed by atoms with E-state index in [0.29, 0.717) is 17.9 Å². The summed E-state index contributed by atoms with van der Waals surface area (Å²) >= 11 is 0. The molecular formula is C25H28N10. The summed E-state index contributed by atoms with van der Waals surface area (Å²) in [6, 6.07) is 10.9. The second-order valence-electron chi connectivity index (χ2n) is 9.06. The Kier molecular flexibility index (Phi) is 5.92. The molecule has 1 saturated heterocycles. The van der Waals surface area contributed by atoms with Crippen molar-refractivity contribution < 1.29 is 0 Å². The molecule has 0 unspecified atom stereocenters. The van der Waals surface area contributed by atoms with Crippen LogP contribution in [0.5, 0.6) is 0 Å². The Morgan fingerprint density at radius 3 is 2.26 bits per heavy atom. The predicted molar refractivity (Wildman–Crippen MR) is 134 cm³/mol. The van der Waals surface area contributed by atoms with Crippen molar-refractivity contribution in [2.45, 2.75) is 31.7 Å². The van der Waals surface area contributed by atoms with Crippen molar-refractivity contribution in [3.63, 3.8) is 0 Å². The van der Waals surface area contributed by atoms with Gasteiger partial charge in [-0.3, -0.25) is 4.68 Å². The molecule has 0 radical (unpaired) electrons. The molecule has 6 rings (SSSR count). The Hall–Kier alpha value is -4.08. The second kappa shape index (κ2) is 9.65. The Labute approximate surface area is 204 Å². The van der Waals surface area contributed by atoms with E-state index in [4.69, 9.17) is 0 Å². The monoisotopic (exact) mass is 468 g/mol. The van der Waals surface area contributed by atoms with Gasteiger partial charge in [0.05, 0.1) is 17.9 Å². The fourth-order valence-electron chi connectivity index (χ4n) is 4.42. The van der Waals surface area contributed by atoms with Gasteiger partial charge in [0, 0.05) is 51.2 Å². The molecule has 1 N–H and O–H groups in total. The molecule has 1 aliphatic carbocycles. The van der Waals surface area contributed by atoms with E-state index in [1.165, 1.54) is 24.8 Å². The molecule has 0 amide bonds. The van der Waals surface area contributed by atoms with Crippen LogP contribution in [-0.2, 0) is 6.42 Å². The van der Waals surface area contributed by atoms with Crippen LogP contribution < -0.4 is 15.1 Å². The Morgan fingerprint density at radius 1 is 0.800 bits per heavy atom. The Morgan fingerprint density at radius 2 is 1.54 bits per heavy atom. The van der Waals surface area contributed by atoms with Crippen molar-refractivity contribution in [1.29, 1.82) is 0 Å². The van der Waals surface area contributed by atoms with Gasteiger partial charge in [-0.1, -0.05) is 30.3 Å². The fourth-order valence-corrected chi connectivity index (χ4v) is 4.42. The molecule has 1 saturated carbocycles. The molecule has 178 valence electrons. The minimum Gasteiger partial charge on any atom is -0.337 e. The lowest BCUT2D eigenvalue weighted by Crippen LogP contribution is -2.47. The van der Waals surface area contributed by atoms with Gasteiger partial charge in [-0.15, -0.1) is 0 Å². The molecule has 10 nitrogen and oxygen atoms in total. The lowest BCUT2D eigenvalue weighted by Gasteiger charge is -2.34. The topological polar surface area (TPSA) is 101 Å². The van der Waals surface area contributed by atoms with Crippen molar-refractivity contribution in [1.82, 2.24) is 34.7 Å². The molecule has 4 heterocycles. The lowest BCUT2D eigenvalue weighted by molar-refractivity contribution is 0.289. The highest BCUT2D eigenvalue weighted by molar-refractivity contribution is 5.52. The number of nitrogens with zero attached hydrogens (tertiary/aromatic N) is 9. The third-order valence-corrected chi connectivity index (χ3v) is 6.65. The van der Waals surface area contributed by atoms with E-state index in [1.54, 1.807) is 6.33 Å². The maximum absolute atomic E-state index is 4.64. The average Bonchev–Trinajstić information content (AvgIpc) is 3.32. The van der Waals surface area contributed by atoms with Crippen LogP contribution in [0, 0.1) is 0 Å². The molecule has 10 heteroatoms. The van der Waals surface area contributed by atoms with E-state index in [0.717, 1.165) is 49.8 Å². The summed E-state index contributed by atoms with van der Waals surface area (Å²) in [6.45, 7) is 3.19. The van der Waals surface area contributed by atoms with Crippen LogP contribution in [0.25, 0.3) is 0 Å². The number of benzene rings is 1. The van der Waals surface area contributed by atoms with Crippen LogP contribution in [0.4, 0.5) is 23.5 Å². The third kappa shape index (κ3) is 4.91. The van der Waals surface area contributed by atoms with E-state index >= 15 is 0 Å². The number of anilines is 4. The SMILES string of the molecule is c1ccc(Cc2cnc(N3CCN(c4ncnc(Nc5cnn(C6CCC6)c5)n4)CC3)nc2)cc1. The Balaban J connectivity index is 1.05.